The van der Waals surface area contributed by atoms with E-state index in [-0.39, 0.29) is 15.3 Å². The molecule has 0 unspecified atom stereocenters. The van der Waals surface area contributed by atoms with E-state index in [4.69, 9.17) is 11.5 Å². The van der Waals surface area contributed by atoms with Crippen LogP contribution in [0, 0.1) is 11.6 Å². The van der Waals surface area contributed by atoms with Gasteiger partial charge in [0.05, 0.1) is 0 Å². The number of carbonyl (C=O) groups excluding carboxylic acids is 1. The van der Waals surface area contributed by atoms with Crippen LogP contribution < -0.4 is 22.1 Å². The lowest BCUT2D eigenvalue weighted by atomic mass is 10.1. The maximum Gasteiger partial charge on any atom is 0.251 e. The molecule has 7 heteroatoms. The summed E-state index contributed by atoms with van der Waals surface area (Å²) in [5, 5.41) is 5.67. The second-order valence-electron chi connectivity index (χ2n) is 6.75. The van der Waals surface area contributed by atoms with Crippen LogP contribution in [0.5, 0.6) is 0 Å². The van der Waals surface area contributed by atoms with Gasteiger partial charge in [0, 0.05) is 26.3 Å². The van der Waals surface area contributed by atoms with E-state index >= 15 is 0 Å². The van der Waals surface area contributed by atoms with Gasteiger partial charge in [-0.05, 0) is 53.6 Å². The first kappa shape index (κ1) is 21.6. The average molecular weight is 424 g/mol. The Hall–Kier alpha value is -4.13. The molecule has 0 aromatic heterocycles. The molecule has 3 aromatic rings. The number of hydrogen-bond acceptors (Lipinski definition) is 4. The van der Waals surface area contributed by atoms with E-state index in [1.165, 1.54) is 6.07 Å². The lowest BCUT2D eigenvalue weighted by Gasteiger charge is -2.09. The zero-order valence-electron chi connectivity index (χ0n) is 16.6. The Labute approximate surface area is 182 Å². The maximum atomic E-state index is 13.3. The summed E-state index contributed by atoms with van der Waals surface area (Å²) >= 11 is 0. The van der Waals surface area contributed by atoms with Crippen LogP contribution >= 0.6 is 0 Å². The number of rotatable bonds is 7. The minimum absolute atomic E-state index is 0. The summed E-state index contributed by atoms with van der Waals surface area (Å²) in [5.74, 6) is -1.90. The second-order valence-corrected chi connectivity index (χ2v) is 6.75. The zero-order valence-corrected chi connectivity index (χ0v) is 16.6. The van der Waals surface area contributed by atoms with Crippen molar-refractivity contribution in [1.82, 2.24) is 5.32 Å². The molecule has 6 N–H and O–H groups in total. The molecule has 31 heavy (non-hydrogen) atoms. The minimum Gasteiger partial charge on any atom is -0.398 e. The smallest absolute Gasteiger partial charge is 0.251 e. The van der Waals surface area contributed by atoms with Gasteiger partial charge in [0.15, 0.2) is 11.6 Å². The van der Waals surface area contributed by atoms with Gasteiger partial charge in [-0.25, -0.2) is 8.78 Å². The van der Waals surface area contributed by atoms with Gasteiger partial charge in [0.1, 0.15) is 5.82 Å². The van der Waals surface area contributed by atoms with Gasteiger partial charge in [-0.2, -0.15) is 0 Å². The molecule has 0 fully saturated rings. The number of amides is 1. The number of hydrogen-bond donors (Lipinski definition) is 4. The van der Waals surface area contributed by atoms with Crippen LogP contribution in [0.1, 0.15) is 24.3 Å². The summed E-state index contributed by atoms with van der Waals surface area (Å²) in [6, 6.07) is 19.7. The molecule has 1 amide bonds. The van der Waals surface area contributed by atoms with Gasteiger partial charge in [-0.1, -0.05) is 42.5 Å². The first-order valence-corrected chi connectivity index (χ1v) is 9.50. The van der Waals surface area contributed by atoms with Gasteiger partial charge in [-0.3, -0.25) is 4.79 Å². The molecule has 3 aromatic carbocycles. The lowest BCUT2D eigenvalue weighted by molar-refractivity contribution is 0.0951. The Bertz CT molecular complexity index is 1140. The van der Waals surface area contributed by atoms with Crippen LogP contribution in [0.25, 0.3) is 5.70 Å². The molecule has 0 heterocycles. The second kappa shape index (κ2) is 10.1. The van der Waals surface area contributed by atoms with E-state index in [0.29, 0.717) is 28.3 Å². The monoisotopic (exact) mass is 424 g/mol. The van der Waals surface area contributed by atoms with Crippen molar-refractivity contribution in [3.8, 4) is 0 Å². The summed E-state index contributed by atoms with van der Waals surface area (Å²) in [4.78, 5) is 12.4. The fourth-order valence-corrected chi connectivity index (χ4v) is 2.79. The predicted octanol–water partition coefficient (Wildman–Crippen LogP) is 4.60. The van der Waals surface area contributed by atoms with E-state index < -0.39 is 11.6 Å². The molecule has 0 aliphatic carbocycles. The Kier molecular flexibility index (Phi) is 7.01. The van der Waals surface area contributed by atoms with Gasteiger partial charge < -0.3 is 22.1 Å². The van der Waals surface area contributed by atoms with E-state index in [1.54, 1.807) is 36.4 Å². The third-order valence-electron chi connectivity index (χ3n) is 4.40. The Balaban J connectivity index is 0.00000272. The van der Waals surface area contributed by atoms with Crippen molar-refractivity contribution in [3.05, 3.63) is 119 Å². The molecule has 3 rings (SSSR count). The normalized spacial score (nSPS) is 11.8. The van der Waals surface area contributed by atoms with Gasteiger partial charge >= 0.3 is 0 Å². The number of nitrogens with two attached hydrogens (primary N) is 2. The largest absolute Gasteiger partial charge is 0.398 e. The molecule has 0 spiro atoms. The first-order chi connectivity index (χ1) is 14.9. The van der Waals surface area contributed by atoms with Crippen LogP contribution in [0.2, 0.25) is 0 Å². The fourth-order valence-electron chi connectivity index (χ4n) is 2.79. The third-order valence-corrected chi connectivity index (χ3v) is 4.40. The van der Waals surface area contributed by atoms with Crippen molar-refractivity contribution in [2.45, 2.75) is 6.54 Å². The van der Waals surface area contributed by atoms with Crippen molar-refractivity contribution in [3.63, 3.8) is 0 Å². The lowest BCUT2D eigenvalue weighted by Crippen LogP contribution is -2.23. The highest BCUT2D eigenvalue weighted by atomic mass is 19.2. The average Bonchev–Trinajstić information content (AvgIpc) is 2.78. The van der Waals surface area contributed by atoms with Crippen LogP contribution in [0.3, 0.4) is 0 Å². The molecule has 0 atom stereocenters. The van der Waals surface area contributed by atoms with Gasteiger partial charge in [-0.15, -0.1) is 0 Å². The SMILES string of the molecule is N/C(=C\C=C(/N)Nc1cccc(C(=O)NCc2ccc(F)c(F)c2)c1)c1ccccc1.[HH].[HH]. The summed E-state index contributed by atoms with van der Waals surface area (Å²) in [5.41, 5.74) is 14.9. The number of nitrogens with one attached hydrogen (secondary N) is 2. The number of allylic oxidation sites excluding steroid dienone is 2. The Morgan fingerprint density at radius 3 is 2.35 bits per heavy atom. The predicted molar refractivity (Wildman–Crippen MR) is 123 cm³/mol. The summed E-state index contributed by atoms with van der Waals surface area (Å²) in [6.07, 6.45) is 3.33. The molecular formula is C24H26F2N4O. The van der Waals surface area contributed by atoms with Crippen molar-refractivity contribution in [2.75, 3.05) is 5.32 Å². The van der Waals surface area contributed by atoms with Crippen molar-refractivity contribution in [2.24, 2.45) is 11.5 Å². The molecule has 0 saturated carbocycles. The fraction of sp³-hybridized carbons (Fsp3) is 0.0417. The van der Waals surface area contributed by atoms with E-state index in [2.05, 4.69) is 10.6 Å². The van der Waals surface area contributed by atoms with Crippen molar-refractivity contribution >= 4 is 17.3 Å². The van der Waals surface area contributed by atoms with Gasteiger partial charge in [0.2, 0.25) is 0 Å². The Morgan fingerprint density at radius 1 is 0.871 bits per heavy atom. The first-order valence-electron chi connectivity index (χ1n) is 9.50. The molecule has 0 radical (unpaired) electrons. The zero-order chi connectivity index (χ0) is 22.2. The molecule has 5 nitrogen and oxygen atoms in total. The van der Waals surface area contributed by atoms with Crippen LogP contribution in [-0.2, 0) is 6.54 Å². The molecule has 0 bridgehead atoms. The number of carbonyl (C=O) groups is 1. The molecular weight excluding hydrogens is 398 g/mol. The van der Waals surface area contributed by atoms with E-state index in [0.717, 1.165) is 17.7 Å². The van der Waals surface area contributed by atoms with Crippen molar-refractivity contribution in [1.29, 1.82) is 0 Å². The highest BCUT2D eigenvalue weighted by molar-refractivity contribution is 5.95. The number of anilines is 1. The topological polar surface area (TPSA) is 93.2 Å². The highest BCUT2D eigenvalue weighted by Gasteiger charge is 2.08. The molecule has 0 aliphatic heterocycles. The Morgan fingerprint density at radius 2 is 1.61 bits per heavy atom. The molecule has 0 aliphatic rings. The van der Waals surface area contributed by atoms with Crippen LogP contribution in [0.4, 0.5) is 14.5 Å². The third kappa shape index (κ3) is 6.17. The molecule has 162 valence electrons. The summed E-state index contributed by atoms with van der Waals surface area (Å²) < 4.78 is 26.3. The summed E-state index contributed by atoms with van der Waals surface area (Å²) in [7, 11) is 0. The molecule has 0 saturated heterocycles. The van der Waals surface area contributed by atoms with Crippen LogP contribution in [-0.4, -0.2) is 5.91 Å². The van der Waals surface area contributed by atoms with Crippen molar-refractivity contribution < 1.29 is 16.4 Å². The van der Waals surface area contributed by atoms with E-state index in [9.17, 15) is 13.6 Å². The summed E-state index contributed by atoms with van der Waals surface area (Å²) in [6.45, 7) is 0.0687. The van der Waals surface area contributed by atoms with Gasteiger partial charge in [0.25, 0.3) is 5.91 Å². The highest BCUT2D eigenvalue weighted by Crippen LogP contribution is 2.14. The standard InChI is InChI=1S/C24H22F2N4O.2H2/c25-20-10-9-16(13-21(20)26)15-29-24(31)18-7-4-8-19(14-18)30-23(28)12-11-22(27)17-5-2-1-3-6-17;;/h1-14,30H,15,27-28H2,(H,29,31);2*1H/b22-11-,23-12+;;. The van der Waals surface area contributed by atoms with E-state index in [1.807, 2.05) is 30.3 Å². The quantitative estimate of drug-likeness (QED) is 0.417. The number of benzene rings is 3. The number of halogens is 2. The van der Waals surface area contributed by atoms with Crippen LogP contribution in [0.15, 0.2) is 90.8 Å². The minimum atomic E-state index is -0.956. The maximum absolute atomic E-state index is 13.3.